The van der Waals surface area contributed by atoms with Gasteiger partial charge in [0.2, 0.25) is 0 Å². The molecule has 5 heteroatoms. The molecule has 2 atom stereocenters. The molecule has 0 amide bonds. The maximum Gasteiger partial charge on any atom is 0.163 e. The summed E-state index contributed by atoms with van der Waals surface area (Å²) in [4.78, 5) is 11.0. The van der Waals surface area contributed by atoms with E-state index in [0.29, 0.717) is 11.5 Å². The molecule has 1 aliphatic heterocycles. The Kier molecular flexibility index (Phi) is 5.20. The lowest BCUT2D eigenvalue weighted by Crippen LogP contribution is -2.39. The molecule has 2 heterocycles. The fourth-order valence-corrected chi connectivity index (χ4v) is 4.97. The van der Waals surface area contributed by atoms with E-state index in [1.807, 2.05) is 12.1 Å². The molecule has 1 saturated heterocycles. The SMILES string of the molecule is COc1cc2nc([C@]3(C)CCCN3C3=[C]C(c4ccc(C)cc4)CC=C3)[nH]c2cc1OC. The van der Waals surface area contributed by atoms with E-state index < -0.39 is 0 Å². The first-order valence-electron chi connectivity index (χ1n) is 11.3. The second-order valence-corrected chi connectivity index (χ2v) is 8.97. The van der Waals surface area contributed by atoms with Gasteiger partial charge in [0, 0.05) is 30.3 Å². The molecule has 3 aromatic rings. The van der Waals surface area contributed by atoms with Crippen molar-refractivity contribution in [3.8, 4) is 11.5 Å². The number of nitrogens with zero attached hydrogens (tertiary/aromatic N) is 2. The Labute approximate surface area is 189 Å². The lowest BCUT2D eigenvalue weighted by molar-refractivity contribution is 0.199. The summed E-state index contributed by atoms with van der Waals surface area (Å²) < 4.78 is 10.9. The standard InChI is InChI=1S/C27H30N3O2/c1-18-9-11-19(12-10-18)20-7-5-8-21(15-20)30-14-6-13-27(30,2)26-28-22-16-24(31-3)25(32-4)17-23(22)29-26/h5,8-12,16-17,20H,6-7,13-14H2,1-4H3,(H,28,29)/t20?,27-/m0/s1. The van der Waals surface area contributed by atoms with Crippen LogP contribution in [0.25, 0.3) is 11.0 Å². The van der Waals surface area contributed by atoms with Crippen LogP contribution in [0.15, 0.2) is 54.2 Å². The van der Waals surface area contributed by atoms with E-state index in [9.17, 15) is 0 Å². The number of aromatic amines is 1. The fraction of sp³-hybridized carbons (Fsp3) is 0.370. The summed E-state index contributed by atoms with van der Waals surface area (Å²) in [7, 11) is 3.31. The summed E-state index contributed by atoms with van der Waals surface area (Å²) in [5.74, 6) is 2.65. The van der Waals surface area contributed by atoms with Crippen molar-refractivity contribution in [2.75, 3.05) is 20.8 Å². The number of aromatic nitrogens is 2. The van der Waals surface area contributed by atoms with Crippen molar-refractivity contribution < 1.29 is 9.47 Å². The van der Waals surface area contributed by atoms with E-state index in [1.165, 1.54) is 11.1 Å². The van der Waals surface area contributed by atoms with Crippen molar-refractivity contribution in [3.63, 3.8) is 0 Å². The highest BCUT2D eigenvalue weighted by molar-refractivity contribution is 5.80. The number of aryl methyl sites for hydroxylation is 1. The van der Waals surface area contributed by atoms with Gasteiger partial charge >= 0.3 is 0 Å². The van der Waals surface area contributed by atoms with Crippen LogP contribution in [0.5, 0.6) is 11.5 Å². The summed E-state index contributed by atoms with van der Waals surface area (Å²) in [5.41, 5.74) is 5.40. The Bertz CT molecular complexity index is 1150. The minimum Gasteiger partial charge on any atom is -0.493 e. The number of hydrogen-bond acceptors (Lipinski definition) is 4. The van der Waals surface area contributed by atoms with Crippen LogP contribution in [0.3, 0.4) is 0 Å². The monoisotopic (exact) mass is 428 g/mol. The minimum atomic E-state index is -0.221. The summed E-state index contributed by atoms with van der Waals surface area (Å²) in [5, 5.41) is 0. The maximum atomic E-state index is 5.48. The molecule has 0 saturated carbocycles. The Morgan fingerprint density at radius 3 is 2.62 bits per heavy atom. The molecular weight excluding hydrogens is 398 g/mol. The van der Waals surface area contributed by atoms with Gasteiger partial charge in [-0.15, -0.1) is 0 Å². The Balaban J connectivity index is 1.50. The third-order valence-corrected chi connectivity index (χ3v) is 6.88. The molecule has 1 unspecified atom stereocenters. The summed E-state index contributed by atoms with van der Waals surface area (Å²) in [6, 6.07) is 12.7. The van der Waals surface area contributed by atoms with Crippen LogP contribution in [0.4, 0.5) is 0 Å². The largest absolute Gasteiger partial charge is 0.493 e. The van der Waals surface area contributed by atoms with Gasteiger partial charge in [-0.3, -0.25) is 0 Å². The molecule has 32 heavy (non-hydrogen) atoms. The van der Waals surface area contributed by atoms with E-state index in [1.54, 1.807) is 14.2 Å². The van der Waals surface area contributed by atoms with Crippen LogP contribution < -0.4 is 9.47 Å². The number of allylic oxidation sites excluding steroid dienone is 3. The number of likely N-dealkylation sites (tertiary alicyclic amines) is 1. The van der Waals surface area contributed by atoms with Gasteiger partial charge in [0.05, 0.1) is 30.8 Å². The van der Waals surface area contributed by atoms with Gasteiger partial charge in [0.1, 0.15) is 5.82 Å². The lowest BCUT2D eigenvalue weighted by Gasteiger charge is -2.37. The maximum absolute atomic E-state index is 5.48. The van der Waals surface area contributed by atoms with Crippen molar-refractivity contribution in [1.29, 1.82) is 0 Å². The average Bonchev–Trinajstić information content (AvgIpc) is 3.42. The van der Waals surface area contributed by atoms with Crippen LogP contribution >= 0.6 is 0 Å². The Hall–Kier alpha value is -3.21. The number of ether oxygens (including phenoxy) is 2. The topological polar surface area (TPSA) is 50.4 Å². The molecule has 1 aromatic heterocycles. The molecular formula is C27H30N3O2. The zero-order valence-corrected chi connectivity index (χ0v) is 19.2. The van der Waals surface area contributed by atoms with Crippen molar-refractivity contribution in [2.45, 2.75) is 44.6 Å². The predicted molar refractivity (Wildman–Crippen MR) is 127 cm³/mol. The van der Waals surface area contributed by atoms with Gasteiger partial charge in [-0.25, -0.2) is 4.98 Å². The van der Waals surface area contributed by atoms with Crippen LogP contribution in [-0.4, -0.2) is 35.6 Å². The van der Waals surface area contributed by atoms with Crippen LogP contribution in [0.2, 0.25) is 0 Å². The molecule has 5 nitrogen and oxygen atoms in total. The number of rotatable bonds is 5. The Morgan fingerprint density at radius 1 is 1.12 bits per heavy atom. The molecule has 2 aliphatic rings. The average molecular weight is 429 g/mol. The number of methoxy groups -OCH3 is 2. The van der Waals surface area contributed by atoms with E-state index in [2.05, 4.69) is 66.2 Å². The molecule has 1 aliphatic carbocycles. The molecule has 165 valence electrons. The second kappa shape index (κ2) is 8.05. The van der Waals surface area contributed by atoms with E-state index in [0.717, 1.165) is 48.4 Å². The zero-order valence-electron chi connectivity index (χ0n) is 19.2. The summed E-state index contributed by atoms with van der Waals surface area (Å²) in [6.07, 6.45) is 11.5. The number of fused-ring (bicyclic) bond motifs is 1. The van der Waals surface area contributed by atoms with Crippen LogP contribution in [0.1, 0.15) is 49.1 Å². The highest BCUT2D eigenvalue weighted by Crippen LogP contribution is 2.43. The van der Waals surface area contributed by atoms with E-state index in [-0.39, 0.29) is 11.5 Å². The number of nitrogens with one attached hydrogen (secondary N) is 1. The number of benzene rings is 2. The Morgan fingerprint density at radius 2 is 1.88 bits per heavy atom. The first-order chi connectivity index (χ1) is 15.5. The second-order valence-electron chi connectivity index (χ2n) is 8.97. The van der Waals surface area contributed by atoms with Crippen molar-refractivity contribution in [2.24, 2.45) is 0 Å². The van der Waals surface area contributed by atoms with Crippen molar-refractivity contribution >= 4 is 11.0 Å². The highest BCUT2D eigenvalue weighted by atomic mass is 16.5. The van der Waals surface area contributed by atoms with Crippen LogP contribution in [0, 0.1) is 13.0 Å². The van der Waals surface area contributed by atoms with Gasteiger partial charge in [-0.05, 0) is 50.8 Å². The van der Waals surface area contributed by atoms with E-state index >= 15 is 0 Å². The smallest absolute Gasteiger partial charge is 0.163 e. The highest BCUT2D eigenvalue weighted by Gasteiger charge is 2.42. The summed E-state index contributed by atoms with van der Waals surface area (Å²) in [6.45, 7) is 5.40. The van der Waals surface area contributed by atoms with Crippen molar-refractivity contribution in [1.82, 2.24) is 14.9 Å². The fourth-order valence-electron chi connectivity index (χ4n) is 4.97. The normalized spacial score (nSPS) is 22.9. The molecule has 5 rings (SSSR count). The quantitative estimate of drug-likeness (QED) is 0.572. The molecule has 2 aromatic carbocycles. The van der Waals surface area contributed by atoms with Crippen molar-refractivity contribution in [3.05, 3.63) is 77.3 Å². The van der Waals surface area contributed by atoms with Gasteiger partial charge in [-0.2, -0.15) is 0 Å². The van der Waals surface area contributed by atoms with Gasteiger partial charge in [-0.1, -0.05) is 35.9 Å². The van der Waals surface area contributed by atoms with Gasteiger partial charge < -0.3 is 19.4 Å². The molecule has 1 fully saturated rings. The number of H-pyrrole nitrogens is 1. The first kappa shape index (κ1) is 20.7. The first-order valence-corrected chi connectivity index (χ1v) is 11.3. The summed E-state index contributed by atoms with van der Waals surface area (Å²) >= 11 is 0. The molecule has 1 radical (unpaired) electrons. The minimum absolute atomic E-state index is 0.221. The molecule has 1 N–H and O–H groups in total. The molecule has 0 spiro atoms. The third kappa shape index (κ3) is 3.46. The predicted octanol–water partition coefficient (Wildman–Crippen LogP) is 5.63. The number of hydrogen-bond donors (Lipinski definition) is 1. The zero-order chi connectivity index (χ0) is 22.3. The van der Waals surface area contributed by atoms with Crippen LogP contribution in [-0.2, 0) is 5.54 Å². The van der Waals surface area contributed by atoms with Gasteiger partial charge in [0.15, 0.2) is 11.5 Å². The lowest BCUT2D eigenvalue weighted by atomic mass is 9.89. The van der Waals surface area contributed by atoms with E-state index in [4.69, 9.17) is 14.5 Å². The molecule has 0 bridgehead atoms. The third-order valence-electron chi connectivity index (χ3n) is 6.88. The van der Waals surface area contributed by atoms with Gasteiger partial charge in [0.25, 0.3) is 0 Å². The number of imidazole rings is 1.